The number of rotatable bonds is 6. The van der Waals surface area contributed by atoms with Gasteiger partial charge in [-0.1, -0.05) is 25.3 Å². The molecular weight excluding hydrogens is 346 g/mol. The van der Waals surface area contributed by atoms with Gasteiger partial charge in [0.2, 0.25) is 10.0 Å². The summed E-state index contributed by atoms with van der Waals surface area (Å²) < 4.78 is 27.2. The number of sulfonamides is 1. The van der Waals surface area contributed by atoms with Crippen molar-refractivity contribution >= 4 is 10.0 Å². The highest BCUT2D eigenvalue weighted by Crippen LogP contribution is 2.28. The monoisotopic (exact) mass is 375 g/mol. The van der Waals surface area contributed by atoms with Crippen molar-refractivity contribution in [1.82, 2.24) is 9.62 Å². The molecule has 1 aromatic carbocycles. The average molecular weight is 376 g/mol. The fraction of sp³-hybridized carbons (Fsp3) is 0.650. The summed E-state index contributed by atoms with van der Waals surface area (Å²) in [5.41, 5.74) is 0.388. The van der Waals surface area contributed by atoms with Crippen LogP contribution in [0.3, 0.4) is 0 Å². The molecule has 0 amide bonds. The van der Waals surface area contributed by atoms with Gasteiger partial charge in [0.1, 0.15) is 0 Å². The fourth-order valence-corrected chi connectivity index (χ4v) is 5.70. The van der Waals surface area contributed by atoms with Crippen molar-refractivity contribution in [1.29, 1.82) is 5.26 Å². The summed E-state index contributed by atoms with van der Waals surface area (Å²) in [5, 5.41) is 12.4. The third-order valence-corrected chi connectivity index (χ3v) is 7.75. The molecule has 26 heavy (non-hydrogen) atoms. The Morgan fingerprint density at radius 3 is 2.38 bits per heavy atom. The molecule has 0 atom stereocenters. The molecule has 2 fully saturated rings. The molecule has 6 heteroatoms. The molecule has 1 aromatic rings. The van der Waals surface area contributed by atoms with Gasteiger partial charge in [0.05, 0.1) is 16.5 Å². The van der Waals surface area contributed by atoms with Crippen molar-refractivity contribution < 1.29 is 8.42 Å². The smallest absolute Gasteiger partial charge is 0.243 e. The minimum Gasteiger partial charge on any atom is -0.317 e. The summed E-state index contributed by atoms with van der Waals surface area (Å²) in [4.78, 5) is 0.237. The molecule has 0 aliphatic carbocycles. The number of nitriles is 1. The molecule has 2 heterocycles. The molecule has 0 radical (unpaired) electrons. The van der Waals surface area contributed by atoms with E-state index in [2.05, 4.69) is 5.32 Å². The second-order valence-electron chi connectivity index (χ2n) is 7.61. The number of benzene rings is 1. The number of hydrogen-bond acceptors (Lipinski definition) is 4. The number of nitrogens with zero attached hydrogens (tertiary/aromatic N) is 2. The van der Waals surface area contributed by atoms with E-state index in [1.165, 1.54) is 38.2 Å². The third kappa shape index (κ3) is 4.85. The van der Waals surface area contributed by atoms with Crippen LogP contribution in [0.1, 0.15) is 50.5 Å². The van der Waals surface area contributed by atoms with Gasteiger partial charge in [-0.2, -0.15) is 9.57 Å². The maximum Gasteiger partial charge on any atom is 0.243 e. The summed E-state index contributed by atoms with van der Waals surface area (Å²) >= 11 is 0. The van der Waals surface area contributed by atoms with Gasteiger partial charge in [0.25, 0.3) is 0 Å². The maximum absolute atomic E-state index is 12.8. The van der Waals surface area contributed by atoms with Crippen LogP contribution in [-0.2, 0) is 10.0 Å². The van der Waals surface area contributed by atoms with Gasteiger partial charge < -0.3 is 5.32 Å². The molecule has 0 bridgehead atoms. The van der Waals surface area contributed by atoms with Crippen LogP contribution in [0, 0.1) is 23.2 Å². The molecule has 0 saturated carbocycles. The van der Waals surface area contributed by atoms with Gasteiger partial charge in [0.15, 0.2) is 0 Å². The molecule has 2 aliphatic heterocycles. The highest BCUT2D eigenvalue weighted by atomic mass is 32.2. The summed E-state index contributed by atoms with van der Waals surface area (Å²) in [6, 6.07) is 8.34. The van der Waals surface area contributed by atoms with E-state index in [9.17, 15) is 8.42 Å². The van der Waals surface area contributed by atoms with Gasteiger partial charge in [-0.05, 0) is 68.8 Å². The van der Waals surface area contributed by atoms with E-state index in [1.807, 2.05) is 6.07 Å². The first kappa shape index (κ1) is 19.3. The molecule has 0 spiro atoms. The largest absolute Gasteiger partial charge is 0.317 e. The molecule has 0 aromatic heterocycles. The Bertz CT molecular complexity index is 728. The second kappa shape index (κ2) is 8.98. The Morgan fingerprint density at radius 2 is 1.73 bits per heavy atom. The third-order valence-electron chi connectivity index (χ3n) is 5.86. The maximum atomic E-state index is 12.8. The molecular formula is C20H29N3O2S. The lowest BCUT2D eigenvalue weighted by Crippen LogP contribution is -2.38. The first-order valence-electron chi connectivity index (χ1n) is 9.80. The summed E-state index contributed by atoms with van der Waals surface area (Å²) in [7, 11) is -3.48. The van der Waals surface area contributed by atoms with Crippen LogP contribution in [0.15, 0.2) is 29.2 Å². The highest BCUT2D eigenvalue weighted by Gasteiger charge is 2.29. The standard InChI is InChI=1S/C20H29N3O2S/c21-16-19-5-2-6-20(15-19)26(24,25)23-13-9-18(10-14-23)4-1-3-17-7-11-22-12-8-17/h2,5-6,15,17-18,22H,1,3-4,7-14H2. The molecule has 2 aliphatic rings. The number of piperidine rings is 2. The first-order chi connectivity index (χ1) is 12.6. The lowest BCUT2D eigenvalue weighted by molar-refractivity contribution is 0.250. The van der Waals surface area contributed by atoms with Crippen molar-refractivity contribution in [3.63, 3.8) is 0 Å². The molecule has 3 rings (SSSR count). The van der Waals surface area contributed by atoms with E-state index in [1.54, 1.807) is 22.5 Å². The van der Waals surface area contributed by atoms with Crippen LogP contribution in [0.25, 0.3) is 0 Å². The lowest BCUT2D eigenvalue weighted by atomic mass is 9.87. The lowest BCUT2D eigenvalue weighted by Gasteiger charge is -2.31. The van der Waals surface area contributed by atoms with E-state index in [0.717, 1.165) is 31.8 Å². The highest BCUT2D eigenvalue weighted by molar-refractivity contribution is 7.89. The van der Waals surface area contributed by atoms with Gasteiger partial charge in [-0.15, -0.1) is 0 Å². The Balaban J connectivity index is 1.47. The van der Waals surface area contributed by atoms with Crippen LogP contribution in [0.2, 0.25) is 0 Å². The molecule has 2 saturated heterocycles. The fourth-order valence-electron chi connectivity index (χ4n) is 4.18. The van der Waals surface area contributed by atoms with Crippen molar-refractivity contribution in [2.45, 2.75) is 49.8 Å². The topological polar surface area (TPSA) is 73.2 Å². The predicted octanol–water partition coefficient (Wildman–Crippen LogP) is 3.13. The van der Waals surface area contributed by atoms with Crippen LogP contribution in [0.5, 0.6) is 0 Å². The Hall–Kier alpha value is -1.42. The summed E-state index contributed by atoms with van der Waals surface area (Å²) in [6.07, 6.45) is 8.32. The Kier molecular flexibility index (Phi) is 6.68. The zero-order valence-electron chi connectivity index (χ0n) is 15.4. The van der Waals surface area contributed by atoms with Crippen molar-refractivity contribution in [2.75, 3.05) is 26.2 Å². The van der Waals surface area contributed by atoms with E-state index in [0.29, 0.717) is 24.6 Å². The minimum absolute atomic E-state index is 0.237. The Morgan fingerprint density at radius 1 is 1.08 bits per heavy atom. The van der Waals surface area contributed by atoms with E-state index in [-0.39, 0.29) is 4.90 Å². The van der Waals surface area contributed by atoms with Crippen LogP contribution >= 0.6 is 0 Å². The van der Waals surface area contributed by atoms with Gasteiger partial charge in [-0.3, -0.25) is 0 Å². The van der Waals surface area contributed by atoms with Crippen molar-refractivity contribution in [3.05, 3.63) is 29.8 Å². The average Bonchev–Trinajstić information content (AvgIpc) is 2.69. The molecule has 0 unspecified atom stereocenters. The summed E-state index contributed by atoms with van der Waals surface area (Å²) in [6.45, 7) is 3.51. The van der Waals surface area contributed by atoms with Gasteiger partial charge in [0, 0.05) is 13.1 Å². The van der Waals surface area contributed by atoms with Crippen LogP contribution < -0.4 is 5.32 Å². The molecule has 142 valence electrons. The second-order valence-corrected chi connectivity index (χ2v) is 9.55. The van der Waals surface area contributed by atoms with E-state index in [4.69, 9.17) is 5.26 Å². The summed E-state index contributed by atoms with van der Waals surface area (Å²) in [5.74, 6) is 1.53. The van der Waals surface area contributed by atoms with Crippen molar-refractivity contribution in [3.8, 4) is 6.07 Å². The molecule has 5 nitrogen and oxygen atoms in total. The van der Waals surface area contributed by atoms with Crippen LogP contribution in [-0.4, -0.2) is 38.9 Å². The van der Waals surface area contributed by atoms with Crippen molar-refractivity contribution in [2.24, 2.45) is 11.8 Å². The van der Waals surface area contributed by atoms with Crippen LogP contribution in [0.4, 0.5) is 0 Å². The number of hydrogen-bond donors (Lipinski definition) is 1. The minimum atomic E-state index is -3.48. The van der Waals surface area contributed by atoms with E-state index >= 15 is 0 Å². The quantitative estimate of drug-likeness (QED) is 0.829. The number of nitrogens with one attached hydrogen (secondary N) is 1. The SMILES string of the molecule is N#Cc1cccc(S(=O)(=O)N2CCC(CCCC3CCNCC3)CC2)c1. The zero-order valence-corrected chi connectivity index (χ0v) is 16.2. The van der Waals surface area contributed by atoms with Gasteiger partial charge >= 0.3 is 0 Å². The first-order valence-corrected chi connectivity index (χ1v) is 11.2. The zero-order chi connectivity index (χ0) is 18.4. The predicted molar refractivity (Wildman–Crippen MR) is 102 cm³/mol. The van der Waals surface area contributed by atoms with E-state index < -0.39 is 10.0 Å². The normalized spacial score (nSPS) is 20.7. The van der Waals surface area contributed by atoms with Gasteiger partial charge in [-0.25, -0.2) is 8.42 Å². The molecule has 1 N–H and O–H groups in total. The Labute approximate surface area is 157 Å².